The molecule has 136 valence electrons. The number of nitrogens with zero attached hydrogens (tertiary/aromatic N) is 1. The van der Waals surface area contributed by atoms with Crippen molar-refractivity contribution in [1.29, 1.82) is 0 Å². The number of benzene rings is 1. The number of esters is 1. The summed E-state index contributed by atoms with van der Waals surface area (Å²) in [4.78, 5) is 35.9. The summed E-state index contributed by atoms with van der Waals surface area (Å²) in [5, 5.41) is 2.45. The van der Waals surface area contributed by atoms with Crippen LogP contribution in [0.4, 0.5) is 4.79 Å². The van der Waals surface area contributed by atoms with Crippen molar-refractivity contribution in [2.45, 2.75) is 24.8 Å². The van der Waals surface area contributed by atoms with Crippen molar-refractivity contribution in [3.8, 4) is 0 Å². The average Bonchev–Trinajstić information content (AvgIpc) is 2.98. The summed E-state index contributed by atoms with van der Waals surface area (Å²) in [6, 6.07) is 4.38. The molecule has 25 heavy (non-hydrogen) atoms. The van der Waals surface area contributed by atoms with Crippen LogP contribution >= 0.6 is 0 Å². The second-order valence-electron chi connectivity index (χ2n) is 5.54. The molecule has 3 amide bonds. The summed E-state index contributed by atoms with van der Waals surface area (Å²) in [5.41, 5.74) is 0.899. The molecule has 0 radical (unpaired) electrons. The van der Waals surface area contributed by atoms with Gasteiger partial charge in [0.1, 0.15) is 6.04 Å². The molecule has 1 aliphatic rings. The molecule has 2 rings (SSSR count). The largest absolute Gasteiger partial charge is 0.454 e. The highest BCUT2D eigenvalue weighted by molar-refractivity contribution is 7.89. The first-order valence-corrected chi connectivity index (χ1v) is 9.03. The number of imide groups is 1. The molecule has 10 heteroatoms. The standard InChI is InChI=1S/C15H19N3O6S/c1-10-3-5-12(6-4-10)25(22,23)17-11(2)14(20)24-9-13(19)18-8-7-16-15(18)21/h3-6,11,17H,7-9H2,1-2H3,(H,16,21)/t11-/m0/s1. The molecule has 0 saturated carbocycles. The maximum Gasteiger partial charge on any atom is 0.324 e. The van der Waals surface area contributed by atoms with Crippen LogP contribution in [0.15, 0.2) is 29.2 Å². The van der Waals surface area contributed by atoms with E-state index in [0.29, 0.717) is 6.54 Å². The quantitative estimate of drug-likeness (QED) is 0.667. The van der Waals surface area contributed by atoms with Gasteiger partial charge in [0.2, 0.25) is 10.0 Å². The Kier molecular flexibility index (Phi) is 5.75. The minimum Gasteiger partial charge on any atom is -0.454 e. The topological polar surface area (TPSA) is 122 Å². The number of aryl methyl sites for hydroxylation is 1. The number of nitrogens with one attached hydrogen (secondary N) is 2. The zero-order valence-corrected chi connectivity index (χ0v) is 14.6. The molecule has 0 spiro atoms. The van der Waals surface area contributed by atoms with E-state index in [2.05, 4.69) is 10.0 Å². The first kappa shape index (κ1) is 18.9. The monoisotopic (exact) mass is 369 g/mol. The number of rotatable bonds is 6. The van der Waals surface area contributed by atoms with Crippen molar-refractivity contribution in [2.24, 2.45) is 0 Å². The lowest BCUT2D eigenvalue weighted by atomic mass is 10.2. The highest BCUT2D eigenvalue weighted by Gasteiger charge is 2.28. The first-order chi connectivity index (χ1) is 11.7. The van der Waals surface area contributed by atoms with Gasteiger partial charge in [-0.15, -0.1) is 0 Å². The smallest absolute Gasteiger partial charge is 0.324 e. The SMILES string of the molecule is Cc1ccc(S(=O)(=O)N[C@@H](C)C(=O)OCC(=O)N2CCNC2=O)cc1. The maximum atomic E-state index is 12.2. The van der Waals surface area contributed by atoms with Crippen molar-refractivity contribution in [2.75, 3.05) is 19.7 Å². The van der Waals surface area contributed by atoms with E-state index in [4.69, 9.17) is 4.74 Å². The van der Waals surface area contributed by atoms with E-state index in [9.17, 15) is 22.8 Å². The molecule has 1 aromatic rings. The normalized spacial score (nSPS) is 15.6. The Morgan fingerprint density at radius 2 is 1.96 bits per heavy atom. The van der Waals surface area contributed by atoms with Crippen molar-refractivity contribution < 1.29 is 27.5 Å². The lowest BCUT2D eigenvalue weighted by molar-refractivity contribution is -0.151. The summed E-state index contributed by atoms with van der Waals surface area (Å²) in [5.74, 6) is -1.58. The molecule has 0 aromatic heterocycles. The van der Waals surface area contributed by atoms with Gasteiger partial charge in [-0.25, -0.2) is 13.2 Å². The Balaban J connectivity index is 1.90. The van der Waals surface area contributed by atoms with Gasteiger partial charge in [0.15, 0.2) is 6.61 Å². The fraction of sp³-hybridized carbons (Fsp3) is 0.400. The first-order valence-electron chi connectivity index (χ1n) is 7.54. The van der Waals surface area contributed by atoms with E-state index >= 15 is 0 Å². The van der Waals surface area contributed by atoms with Crippen molar-refractivity contribution in [3.63, 3.8) is 0 Å². The molecule has 0 aliphatic carbocycles. The Hall–Kier alpha value is -2.46. The fourth-order valence-electron chi connectivity index (χ4n) is 2.11. The second kappa shape index (κ2) is 7.62. The van der Waals surface area contributed by atoms with E-state index in [1.54, 1.807) is 12.1 Å². The second-order valence-corrected chi connectivity index (χ2v) is 7.26. The number of urea groups is 1. The van der Waals surface area contributed by atoms with Gasteiger partial charge >= 0.3 is 12.0 Å². The van der Waals surface area contributed by atoms with E-state index < -0.39 is 40.6 Å². The zero-order valence-electron chi connectivity index (χ0n) is 13.8. The minimum absolute atomic E-state index is 0.0163. The summed E-state index contributed by atoms with van der Waals surface area (Å²) >= 11 is 0. The Bertz CT molecular complexity index is 775. The molecule has 1 fully saturated rings. The van der Waals surface area contributed by atoms with Crippen LogP contribution in [0.1, 0.15) is 12.5 Å². The number of carbonyl (C=O) groups is 3. The molecule has 1 atom stereocenters. The van der Waals surface area contributed by atoms with Crippen LogP contribution in [0.3, 0.4) is 0 Å². The van der Waals surface area contributed by atoms with E-state index in [1.165, 1.54) is 19.1 Å². The van der Waals surface area contributed by atoms with Gasteiger partial charge in [0, 0.05) is 13.1 Å². The van der Waals surface area contributed by atoms with Crippen LogP contribution in [-0.2, 0) is 24.3 Å². The molecule has 1 aromatic carbocycles. The molecular formula is C15H19N3O6S. The molecule has 9 nitrogen and oxygen atoms in total. The van der Waals surface area contributed by atoms with Gasteiger partial charge < -0.3 is 10.1 Å². The number of ether oxygens (including phenoxy) is 1. The zero-order chi connectivity index (χ0) is 18.6. The van der Waals surface area contributed by atoms with E-state index in [1.807, 2.05) is 6.92 Å². The third kappa shape index (κ3) is 4.77. The third-order valence-electron chi connectivity index (χ3n) is 3.51. The number of amides is 3. The van der Waals surface area contributed by atoms with Gasteiger partial charge in [-0.3, -0.25) is 14.5 Å². The van der Waals surface area contributed by atoms with E-state index in [0.717, 1.165) is 10.5 Å². The molecule has 0 bridgehead atoms. The lowest BCUT2D eigenvalue weighted by Gasteiger charge is -2.15. The highest BCUT2D eigenvalue weighted by Crippen LogP contribution is 2.10. The predicted octanol–water partition coefficient (Wildman–Crippen LogP) is -0.243. The number of carbonyl (C=O) groups excluding carboxylic acids is 3. The van der Waals surface area contributed by atoms with Gasteiger partial charge in [0.25, 0.3) is 5.91 Å². The molecule has 1 heterocycles. The van der Waals surface area contributed by atoms with Gasteiger partial charge in [-0.2, -0.15) is 4.72 Å². The van der Waals surface area contributed by atoms with Crippen molar-refractivity contribution >= 4 is 27.9 Å². The van der Waals surface area contributed by atoms with Gasteiger partial charge in [0.05, 0.1) is 4.90 Å². The Labute approximate surface area is 145 Å². The fourth-order valence-corrected chi connectivity index (χ4v) is 3.30. The summed E-state index contributed by atoms with van der Waals surface area (Å²) < 4.78 is 31.4. The van der Waals surface area contributed by atoms with Crippen molar-refractivity contribution in [1.82, 2.24) is 14.9 Å². The van der Waals surface area contributed by atoms with Crippen LogP contribution in [-0.4, -0.2) is 57.0 Å². The van der Waals surface area contributed by atoms with Gasteiger partial charge in [-0.05, 0) is 26.0 Å². The van der Waals surface area contributed by atoms with Crippen molar-refractivity contribution in [3.05, 3.63) is 29.8 Å². The minimum atomic E-state index is -3.89. The Morgan fingerprint density at radius 1 is 1.32 bits per heavy atom. The predicted molar refractivity (Wildman–Crippen MR) is 87.0 cm³/mol. The van der Waals surface area contributed by atoms with Crippen LogP contribution < -0.4 is 10.0 Å². The number of hydrogen-bond donors (Lipinski definition) is 2. The third-order valence-corrected chi connectivity index (χ3v) is 5.07. The highest BCUT2D eigenvalue weighted by atomic mass is 32.2. The van der Waals surface area contributed by atoms with Crippen LogP contribution in [0.5, 0.6) is 0 Å². The van der Waals surface area contributed by atoms with E-state index in [-0.39, 0.29) is 11.4 Å². The summed E-state index contributed by atoms with van der Waals surface area (Å²) in [7, 11) is -3.89. The van der Waals surface area contributed by atoms with Gasteiger partial charge in [-0.1, -0.05) is 17.7 Å². The summed E-state index contributed by atoms with van der Waals surface area (Å²) in [6.07, 6.45) is 0. The van der Waals surface area contributed by atoms with Crippen LogP contribution in [0.25, 0.3) is 0 Å². The number of hydrogen-bond acceptors (Lipinski definition) is 6. The number of sulfonamides is 1. The Morgan fingerprint density at radius 3 is 2.52 bits per heavy atom. The molecule has 1 aliphatic heterocycles. The van der Waals surface area contributed by atoms with Crippen LogP contribution in [0.2, 0.25) is 0 Å². The maximum absolute atomic E-state index is 12.2. The van der Waals surface area contributed by atoms with Crippen LogP contribution in [0, 0.1) is 6.92 Å². The molecule has 1 saturated heterocycles. The average molecular weight is 369 g/mol. The molecule has 2 N–H and O–H groups in total. The molecular weight excluding hydrogens is 350 g/mol. The summed E-state index contributed by atoms with van der Waals surface area (Å²) in [6.45, 7) is 3.03. The molecule has 0 unspecified atom stereocenters. The lowest BCUT2D eigenvalue weighted by Crippen LogP contribution is -2.42.